The quantitative estimate of drug-likeness (QED) is 0.542. The van der Waals surface area contributed by atoms with Gasteiger partial charge in [-0.1, -0.05) is 19.9 Å². The molecule has 20 heavy (non-hydrogen) atoms. The van der Waals surface area contributed by atoms with Crippen LogP contribution < -0.4 is 4.74 Å². The third kappa shape index (κ3) is 4.87. The molecule has 0 saturated carbocycles. The van der Waals surface area contributed by atoms with Crippen LogP contribution in [0.5, 0.6) is 5.75 Å². The number of amides is 1. The minimum absolute atomic E-state index is 0.0473. The van der Waals surface area contributed by atoms with E-state index in [0.717, 1.165) is 12.8 Å². The van der Waals surface area contributed by atoms with E-state index in [1.807, 2.05) is 13.8 Å². The number of ether oxygens (including phenoxy) is 1. The molecule has 0 radical (unpaired) electrons. The molecule has 0 aliphatic rings. The van der Waals surface area contributed by atoms with Crippen LogP contribution in [0.25, 0.3) is 0 Å². The molecule has 0 aliphatic heterocycles. The van der Waals surface area contributed by atoms with Crippen molar-refractivity contribution in [2.45, 2.75) is 26.7 Å². The van der Waals surface area contributed by atoms with Crippen molar-refractivity contribution in [1.29, 1.82) is 0 Å². The third-order valence-corrected chi connectivity index (χ3v) is 2.73. The van der Waals surface area contributed by atoms with Crippen molar-refractivity contribution in [1.82, 2.24) is 4.90 Å². The highest BCUT2D eigenvalue weighted by molar-refractivity contribution is 5.77. The van der Waals surface area contributed by atoms with E-state index in [-0.39, 0.29) is 18.2 Å². The van der Waals surface area contributed by atoms with Gasteiger partial charge in [-0.25, -0.2) is 0 Å². The van der Waals surface area contributed by atoms with Gasteiger partial charge in [0.25, 0.3) is 11.6 Å². The Morgan fingerprint density at radius 1 is 1.30 bits per heavy atom. The maximum Gasteiger partial charge on any atom is 0.273 e. The maximum absolute atomic E-state index is 12.0. The van der Waals surface area contributed by atoms with E-state index in [1.165, 1.54) is 18.2 Å². The van der Waals surface area contributed by atoms with Crippen LogP contribution >= 0.6 is 0 Å². The molecule has 0 bridgehead atoms. The zero-order valence-electron chi connectivity index (χ0n) is 11.9. The Morgan fingerprint density at radius 3 is 2.50 bits per heavy atom. The van der Waals surface area contributed by atoms with Gasteiger partial charge in [0, 0.05) is 19.2 Å². The second kappa shape index (κ2) is 8.14. The maximum atomic E-state index is 12.0. The molecule has 0 unspecified atom stereocenters. The number of benzene rings is 1. The summed E-state index contributed by atoms with van der Waals surface area (Å²) in [5.41, 5.74) is -0.0473. The normalized spacial score (nSPS) is 10.1. The molecule has 1 rings (SSSR count). The second-order valence-corrected chi connectivity index (χ2v) is 4.42. The monoisotopic (exact) mass is 280 g/mol. The van der Waals surface area contributed by atoms with Gasteiger partial charge in [-0.15, -0.1) is 0 Å². The molecule has 0 aliphatic carbocycles. The SMILES string of the molecule is CCCN(CCC)C(=O)COc1cccc([N+](=O)[O-])c1. The lowest BCUT2D eigenvalue weighted by Gasteiger charge is -2.21. The lowest BCUT2D eigenvalue weighted by Crippen LogP contribution is -2.36. The van der Waals surface area contributed by atoms with E-state index in [4.69, 9.17) is 4.74 Å². The predicted octanol–water partition coefficient (Wildman–Crippen LogP) is 2.62. The Morgan fingerprint density at radius 2 is 1.95 bits per heavy atom. The number of rotatable bonds is 8. The molecule has 1 aromatic carbocycles. The minimum Gasteiger partial charge on any atom is -0.484 e. The molecule has 0 saturated heterocycles. The van der Waals surface area contributed by atoms with Crippen LogP contribution in [0.2, 0.25) is 0 Å². The van der Waals surface area contributed by atoms with Crippen LogP contribution in [0.4, 0.5) is 5.69 Å². The van der Waals surface area contributed by atoms with Gasteiger partial charge in [0.15, 0.2) is 6.61 Å². The Labute approximate surface area is 118 Å². The zero-order valence-corrected chi connectivity index (χ0v) is 11.9. The van der Waals surface area contributed by atoms with Crippen molar-refractivity contribution < 1.29 is 14.5 Å². The van der Waals surface area contributed by atoms with Crippen LogP contribution in [-0.2, 0) is 4.79 Å². The summed E-state index contributed by atoms with van der Waals surface area (Å²) in [5, 5.41) is 10.6. The van der Waals surface area contributed by atoms with Crippen molar-refractivity contribution in [2.75, 3.05) is 19.7 Å². The highest BCUT2D eigenvalue weighted by Gasteiger charge is 2.13. The Kier molecular flexibility index (Phi) is 6.49. The summed E-state index contributed by atoms with van der Waals surface area (Å²) in [7, 11) is 0. The van der Waals surface area contributed by atoms with E-state index in [9.17, 15) is 14.9 Å². The van der Waals surface area contributed by atoms with Crippen LogP contribution in [0, 0.1) is 10.1 Å². The summed E-state index contributed by atoms with van der Waals surface area (Å²) in [6.45, 7) is 5.33. The highest BCUT2D eigenvalue weighted by atomic mass is 16.6. The first-order valence-corrected chi connectivity index (χ1v) is 6.73. The summed E-state index contributed by atoms with van der Waals surface area (Å²) < 4.78 is 5.34. The average molecular weight is 280 g/mol. The number of hydrogen-bond donors (Lipinski definition) is 0. The van der Waals surface area contributed by atoms with Crippen LogP contribution in [0.3, 0.4) is 0 Å². The molecular weight excluding hydrogens is 260 g/mol. The molecule has 0 N–H and O–H groups in total. The van der Waals surface area contributed by atoms with E-state index >= 15 is 0 Å². The number of nitrogens with zero attached hydrogens (tertiary/aromatic N) is 2. The second-order valence-electron chi connectivity index (χ2n) is 4.42. The van der Waals surface area contributed by atoms with Gasteiger partial charge < -0.3 is 9.64 Å². The lowest BCUT2D eigenvalue weighted by molar-refractivity contribution is -0.384. The molecule has 1 aromatic rings. The molecule has 0 aromatic heterocycles. The molecular formula is C14H20N2O4. The average Bonchev–Trinajstić information content (AvgIpc) is 2.45. The van der Waals surface area contributed by atoms with Gasteiger partial charge in [0.05, 0.1) is 11.0 Å². The summed E-state index contributed by atoms with van der Waals surface area (Å²) in [6, 6.07) is 5.84. The molecule has 0 atom stereocenters. The van der Waals surface area contributed by atoms with Gasteiger partial charge in [0.1, 0.15) is 5.75 Å². The van der Waals surface area contributed by atoms with E-state index < -0.39 is 4.92 Å². The molecule has 1 amide bonds. The number of non-ortho nitro benzene ring substituents is 1. The largest absolute Gasteiger partial charge is 0.484 e. The number of carbonyl (C=O) groups is 1. The Hall–Kier alpha value is -2.11. The molecule has 6 nitrogen and oxygen atoms in total. The van der Waals surface area contributed by atoms with Crippen molar-refractivity contribution in [3.8, 4) is 5.75 Å². The predicted molar refractivity (Wildman–Crippen MR) is 75.8 cm³/mol. The van der Waals surface area contributed by atoms with Crippen LogP contribution in [-0.4, -0.2) is 35.4 Å². The summed E-state index contributed by atoms with van der Waals surface area (Å²) in [6.07, 6.45) is 1.78. The van der Waals surface area contributed by atoms with Gasteiger partial charge in [-0.2, -0.15) is 0 Å². The van der Waals surface area contributed by atoms with Crippen LogP contribution in [0.1, 0.15) is 26.7 Å². The number of nitro benzene ring substituents is 1. The molecule has 0 spiro atoms. The van der Waals surface area contributed by atoms with Crippen molar-refractivity contribution in [2.24, 2.45) is 0 Å². The molecule has 6 heteroatoms. The fourth-order valence-corrected chi connectivity index (χ4v) is 1.82. The van der Waals surface area contributed by atoms with Crippen LogP contribution in [0.15, 0.2) is 24.3 Å². The summed E-state index contributed by atoms with van der Waals surface area (Å²) in [4.78, 5) is 23.9. The highest BCUT2D eigenvalue weighted by Crippen LogP contribution is 2.19. The van der Waals surface area contributed by atoms with Gasteiger partial charge in [-0.3, -0.25) is 14.9 Å². The fourth-order valence-electron chi connectivity index (χ4n) is 1.82. The fraction of sp³-hybridized carbons (Fsp3) is 0.500. The third-order valence-electron chi connectivity index (χ3n) is 2.73. The molecule has 110 valence electrons. The van der Waals surface area contributed by atoms with Gasteiger partial charge >= 0.3 is 0 Å². The summed E-state index contributed by atoms with van der Waals surface area (Å²) in [5.74, 6) is 0.237. The van der Waals surface area contributed by atoms with E-state index in [1.54, 1.807) is 11.0 Å². The van der Waals surface area contributed by atoms with E-state index in [0.29, 0.717) is 18.8 Å². The Bertz CT molecular complexity index is 456. The first kappa shape index (κ1) is 15.9. The molecule has 0 fully saturated rings. The topological polar surface area (TPSA) is 72.7 Å². The van der Waals surface area contributed by atoms with Crippen molar-refractivity contribution >= 4 is 11.6 Å². The smallest absolute Gasteiger partial charge is 0.273 e. The first-order valence-electron chi connectivity index (χ1n) is 6.73. The minimum atomic E-state index is -0.491. The number of nitro groups is 1. The summed E-state index contributed by atoms with van der Waals surface area (Å²) >= 11 is 0. The van der Waals surface area contributed by atoms with E-state index in [2.05, 4.69) is 0 Å². The van der Waals surface area contributed by atoms with Crippen molar-refractivity contribution in [3.05, 3.63) is 34.4 Å². The first-order chi connectivity index (χ1) is 9.58. The lowest BCUT2D eigenvalue weighted by atomic mass is 10.3. The number of carbonyl (C=O) groups excluding carboxylic acids is 1. The van der Waals surface area contributed by atoms with Crippen molar-refractivity contribution in [3.63, 3.8) is 0 Å². The Balaban J connectivity index is 2.59. The molecule has 0 heterocycles. The zero-order chi connectivity index (χ0) is 15.0. The van der Waals surface area contributed by atoms with Gasteiger partial charge in [-0.05, 0) is 18.9 Å². The van der Waals surface area contributed by atoms with Gasteiger partial charge in [0.2, 0.25) is 0 Å². The number of hydrogen-bond acceptors (Lipinski definition) is 4. The standard InChI is InChI=1S/C14H20N2O4/c1-3-8-15(9-4-2)14(17)11-20-13-7-5-6-12(10-13)16(18)19/h5-7,10H,3-4,8-9,11H2,1-2H3.